The molecule has 0 spiro atoms. The lowest BCUT2D eigenvalue weighted by molar-refractivity contribution is -0.385. The molecule has 0 aromatic heterocycles. The number of hydrogen-bond donors (Lipinski definition) is 1. The second-order valence-electron chi connectivity index (χ2n) is 5.95. The zero-order valence-corrected chi connectivity index (χ0v) is 15.8. The van der Waals surface area contributed by atoms with Gasteiger partial charge in [-0.05, 0) is 44.2 Å². The van der Waals surface area contributed by atoms with Crippen molar-refractivity contribution in [1.82, 2.24) is 4.31 Å². The van der Waals surface area contributed by atoms with Crippen LogP contribution >= 0.6 is 24.0 Å². The molecule has 2 rings (SSSR count). The van der Waals surface area contributed by atoms with E-state index in [1.807, 2.05) is 6.92 Å². The molecule has 0 radical (unpaired) electrons. The molecule has 136 valence electrons. The fourth-order valence-corrected chi connectivity index (χ4v) is 4.92. The lowest BCUT2D eigenvalue weighted by Crippen LogP contribution is -2.42. The van der Waals surface area contributed by atoms with Gasteiger partial charge in [-0.15, -0.1) is 12.4 Å². The molecule has 0 aliphatic carbocycles. The first kappa shape index (κ1) is 21.1. The second kappa shape index (κ2) is 7.97. The second-order valence-corrected chi connectivity index (χ2v) is 8.24. The van der Waals surface area contributed by atoms with Crippen molar-refractivity contribution in [3.05, 3.63) is 32.8 Å². The highest BCUT2D eigenvalue weighted by Crippen LogP contribution is 2.35. The number of halogens is 2. The van der Waals surface area contributed by atoms with Gasteiger partial charge >= 0.3 is 0 Å². The summed E-state index contributed by atoms with van der Waals surface area (Å²) in [6.07, 6.45) is 1.34. The third kappa shape index (κ3) is 4.18. The van der Waals surface area contributed by atoms with Gasteiger partial charge in [-0.1, -0.05) is 11.6 Å². The van der Waals surface area contributed by atoms with Crippen LogP contribution in [0.5, 0.6) is 0 Å². The SMILES string of the molecule is Cc1cc([N+](=O)[O-])c(Cl)c(S(=O)(=O)N2CCC(C(C)N)CC2)c1.Cl. The number of aryl methyl sites for hydroxylation is 1. The summed E-state index contributed by atoms with van der Waals surface area (Å²) in [6.45, 7) is 4.19. The van der Waals surface area contributed by atoms with Crippen molar-refractivity contribution in [3.8, 4) is 0 Å². The maximum atomic E-state index is 12.8. The van der Waals surface area contributed by atoms with E-state index < -0.39 is 20.6 Å². The topological polar surface area (TPSA) is 107 Å². The molecular formula is C14H21Cl2N3O4S. The van der Waals surface area contributed by atoms with Crippen molar-refractivity contribution in [2.75, 3.05) is 13.1 Å². The summed E-state index contributed by atoms with van der Waals surface area (Å²) in [5.41, 5.74) is 5.95. The predicted molar refractivity (Wildman–Crippen MR) is 95.2 cm³/mol. The van der Waals surface area contributed by atoms with Crippen LogP contribution in [0.4, 0.5) is 5.69 Å². The minimum atomic E-state index is -3.86. The van der Waals surface area contributed by atoms with E-state index in [4.69, 9.17) is 17.3 Å². The molecule has 1 aliphatic rings. The van der Waals surface area contributed by atoms with Crippen molar-refractivity contribution in [1.29, 1.82) is 0 Å². The lowest BCUT2D eigenvalue weighted by Gasteiger charge is -2.33. The Hall–Kier alpha value is -0.930. The average Bonchev–Trinajstić information content (AvgIpc) is 2.48. The van der Waals surface area contributed by atoms with Crippen LogP contribution < -0.4 is 5.73 Å². The van der Waals surface area contributed by atoms with Crippen LogP contribution in [0.25, 0.3) is 0 Å². The largest absolute Gasteiger partial charge is 0.328 e. The molecule has 0 bridgehead atoms. The van der Waals surface area contributed by atoms with Crippen molar-refractivity contribution in [2.24, 2.45) is 11.7 Å². The number of sulfonamides is 1. The number of nitro benzene ring substituents is 1. The number of piperidine rings is 1. The number of hydrogen-bond acceptors (Lipinski definition) is 5. The molecular weight excluding hydrogens is 377 g/mol. The fourth-order valence-electron chi connectivity index (χ4n) is 2.82. The number of nitrogens with two attached hydrogens (primary N) is 1. The maximum Gasteiger partial charge on any atom is 0.289 e. The zero-order valence-electron chi connectivity index (χ0n) is 13.4. The normalized spacial score (nSPS) is 18.0. The summed E-state index contributed by atoms with van der Waals surface area (Å²) in [7, 11) is -3.86. The average molecular weight is 398 g/mol. The minimum absolute atomic E-state index is 0. The van der Waals surface area contributed by atoms with Crippen molar-refractivity contribution in [2.45, 2.75) is 37.6 Å². The van der Waals surface area contributed by atoms with Crippen molar-refractivity contribution < 1.29 is 13.3 Å². The van der Waals surface area contributed by atoms with Crippen LogP contribution in [0.15, 0.2) is 17.0 Å². The summed E-state index contributed by atoms with van der Waals surface area (Å²) in [5, 5.41) is 10.7. The Morgan fingerprint density at radius 2 is 1.92 bits per heavy atom. The molecule has 1 fully saturated rings. The van der Waals surface area contributed by atoms with Gasteiger partial charge in [-0.2, -0.15) is 4.31 Å². The lowest BCUT2D eigenvalue weighted by atomic mass is 9.92. The minimum Gasteiger partial charge on any atom is -0.328 e. The summed E-state index contributed by atoms with van der Waals surface area (Å²) >= 11 is 5.99. The molecule has 7 nitrogen and oxygen atoms in total. The van der Waals surface area contributed by atoms with E-state index >= 15 is 0 Å². The number of rotatable bonds is 4. The van der Waals surface area contributed by atoms with Crippen molar-refractivity contribution in [3.63, 3.8) is 0 Å². The van der Waals surface area contributed by atoms with E-state index in [2.05, 4.69) is 0 Å². The highest BCUT2D eigenvalue weighted by molar-refractivity contribution is 7.89. The quantitative estimate of drug-likeness (QED) is 0.620. The summed E-state index contributed by atoms with van der Waals surface area (Å²) < 4.78 is 26.9. The van der Waals surface area contributed by atoms with Crippen LogP contribution in [0.2, 0.25) is 5.02 Å². The van der Waals surface area contributed by atoms with Gasteiger partial charge in [0.1, 0.15) is 9.92 Å². The maximum absolute atomic E-state index is 12.8. The summed E-state index contributed by atoms with van der Waals surface area (Å²) in [5.74, 6) is 0.281. The third-order valence-corrected chi connectivity index (χ3v) is 6.65. The molecule has 1 heterocycles. The molecule has 0 amide bonds. The zero-order chi connectivity index (χ0) is 17.4. The Morgan fingerprint density at radius 3 is 2.38 bits per heavy atom. The number of benzene rings is 1. The molecule has 10 heteroatoms. The van der Waals surface area contributed by atoms with Gasteiger partial charge in [0, 0.05) is 25.2 Å². The smallest absolute Gasteiger partial charge is 0.289 e. The van der Waals surface area contributed by atoms with Gasteiger partial charge in [0.15, 0.2) is 0 Å². The molecule has 1 unspecified atom stereocenters. The van der Waals surface area contributed by atoms with Gasteiger partial charge in [0.25, 0.3) is 5.69 Å². The Balaban J connectivity index is 0.00000288. The van der Waals surface area contributed by atoms with E-state index in [0.29, 0.717) is 31.5 Å². The molecule has 2 N–H and O–H groups in total. The third-order valence-electron chi connectivity index (χ3n) is 4.22. The Kier molecular flexibility index (Phi) is 7.01. The standard InChI is InChI=1S/C14H20ClN3O4S.ClH/c1-9-7-12(18(19)20)14(15)13(8-9)23(21,22)17-5-3-11(4-6-17)10(2)16;/h7-8,10-11H,3-6,16H2,1-2H3;1H. The summed E-state index contributed by atoms with van der Waals surface area (Å²) in [6, 6.07) is 2.66. The first-order valence-corrected chi connectivity index (χ1v) is 9.16. The van der Waals surface area contributed by atoms with E-state index in [0.717, 1.165) is 0 Å². The molecule has 24 heavy (non-hydrogen) atoms. The van der Waals surface area contributed by atoms with E-state index in [1.165, 1.54) is 16.4 Å². The van der Waals surface area contributed by atoms with Gasteiger partial charge < -0.3 is 5.73 Å². The van der Waals surface area contributed by atoms with Crippen LogP contribution in [0.1, 0.15) is 25.3 Å². The molecule has 0 saturated carbocycles. The number of nitro groups is 1. The first-order chi connectivity index (χ1) is 10.6. The highest BCUT2D eigenvalue weighted by Gasteiger charge is 2.34. The molecule has 1 aromatic rings. The molecule has 1 aromatic carbocycles. The molecule has 1 saturated heterocycles. The van der Waals surface area contributed by atoms with Gasteiger partial charge in [-0.3, -0.25) is 10.1 Å². The van der Waals surface area contributed by atoms with Crippen LogP contribution in [-0.4, -0.2) is 36.8 Å². The fraction of sp³-hybridized carbons (Fsp3) is 0.571. The van der Waals surface area contributed by atoms with Crippen LogP contribution in [-0.2, 0) is 10.0 Å². The van der Waals surface area contributed by atoms with E-state index in [-0.39, 0.29) is 34.3 Å². The van der Waals surface area contributed by atoms with Gasteiger partial charge in [0.05, 0.1) is 4.92 Å². The predicted octanol–water partition coefficient (Wildman–Crippen LogP) is 2.73. The van der Waals surface area contributed by atoms with E-state index in [1.54, 1.807) is 6.92 Å². The van der Waals surface area contributed by atoms with Gasteiger partial charge in [-0.25, -0.2) is 8.42 Å². The molecule has 1 aliphatic heterocycles. The first-order valence-electron chi connectivity index (χ1n) is 7.35. The highest BCUT2D eigenvalue weighted by atomic mass is 35.5. The van der Waals surface area contributed by atoms with Crippen LogP contribution in [0.3, 0.4) is 0 Å². The van der Waals surface area contributed by atoms with Crippen LogP contribution in [0, 0.1) is 23.0 Å². The monoisotopic (exact) mass is 397 g/mol. The Bertz CT molecular complexity index is 717. The van der Waals surface area contributed by atoms with Gasteiger partial charge in [0.2, 0.25) is 10.0 Å². The Morgan fingerprint density at radius 1 is 1.38 bits per heavy atom. The summed E-state index contributed by atoms with van der Waals surface area (Å²) in [4.78, 5) is 10.2. The Labute approximate surface area is 152 Å². The van der Waals surface area contributed by atoms with Crippen molar-refractivity contribution >= 4 is 39.7 Å². The van der Waals surface area contributed by atoms with E-state index in [9.17, 15) is 18.5 Å². The number of nitrogens with zero attached hydrogens (tertiary/aromatic N) is 2. The molecule has 1 atom stereocenters.